The summed E-state index contributed by atoms with van der Waals surface area (Å²) in [5.74, 6) is 0.919. The molecule has 6 heteroatoms. The van der Waals surface area contributed by atoms with Crippen LogP contribution in [-0.4, -0.2) is 5.97 Å². The van der Waals surface area contributed by atoms with Crippen LogP contribution in [0.25, 0.3) is 0 Å². The van der Waals surface area contributed by atoms with Crippen molar-refractivity contribution in [3.63, 3.8) is 0 Å². The van der Waals surface area contributed by atoms with Gasteiger partial charge in [-0.25, -0.2) is 4.79 Å². The normalized spacial score (nSPS) is 13.6. The zero-order chi connectivity index (χ0) is 29.5. The van der Waals surface area contributed by atoms with E-state index in [2.05, 4.69) is 16.0 Å². The van der Waals surface area contributed by atoms with E-state index in [1.807, 2.05) is 146 Å². The average Bonchev–Trinajstić information content (AvgIpc) is 3.36. The van der Waals surface area contributed by atoms with Crippen LogP contribution in [0.3, 0.4) is 0 Å². The number of fused-ring (bicyclic) bond motifs is 6. The molecule has 0 saturated heterocycles. The summed E-state index contributed by atoms with van der Waals surface area (Å²) < 4.78 is 12.7. The molecule has 6 aromatic rings. The number of esters is 1. The highest BCUT2D eigenvalue weighted by Crippen LogP contribution is 2.57. The molecule has 2 heterocycles. The van der Waals surface area contributed by atoms with Gasteiger partial charge in [0.1, 0.15) is 11.5 Å². The van der Waals surface area contributed by atoms with Gasteiger partial charge in [0.25, 0.3) is 0 Å². The number of ether oxygens (including phenoxy) is 2. The van der Waals surface area contributed by atoms with Crippen molar-refractivity contribution >= 4 is 40.1 Å². The summed E-state index contributed by atoms with van der Waals surface area (Å²) in [6, 6.07) is 47.4. The number of nitrogens with one attached hydrogen (secondary N) is 3. The Morgan fingerprint density at radius 3 is 1.57 bits per heavy atom. The summed E-state index contributed by atoms with van der Waals surface area (Å²) in [6.45, 7) is 0. The molecule has 2 aliphatic rings. The first-order valence-electron chi connectivity index (χ1n) is 14.5. The third-order valence-corrected chi connectivity index (χ3v) is 8.06. The average molecular weight is 574 g/mol. The second-order valence-corrected chi connectivity index (χ2v) is 10.8. The molecule has 0 aliphatic carbocycles. The van der Waals surface area contributed by atoms with Crippen LogP contribution in [0, 0.1) is 0 Å². The predicted molar refractivity (Wildman–Crippen MR) is 174 cm³/mol. The first kappa shape index (κ1) is 25.7. The van der Waals surface area contributed by atoms with Crippen LogP contribution < -0.4 is 20.7 Å². The maximum absolute atomic E-state index is 14.1. The van der Waals surface area contributed by atoms with Gasteiger partial charge in [0.15, 0.2) is 5.60 Å². The quantitative estimate of drug-likeness (QED) is 0.172. The Balaban J connectivity index is 1.24. The highest BCUT2D eigenvalue weighted by atomic mass is 16.6. The third-order valence-electron chi connectivity index (χ3n) is 8.06. The summed E-state index contributed by atoms with van der Waals surface area (Å²) in [7, 11) is 0. The van der Waals surface area contributed by atoms with Crippen molar-refractivity contribution < 1.29 is 14.3 Å². The van der Waals surface area contributed by atoms with Crippen LogP contribution in [0.5, 0.6) is 11.5 Å². The Morgan fingerprint density at radius 2 is 0.955 bits per heavy atom. The fourth-order valence-corrected chi connectivity index (χ4v) is 6.09. The second kappa shape index (κ2) is 10.4. The standard InChI is InChI=1S/C38H27N3O3/c42-37-35-31(38(44-37)29-15-7-9-17-33(29)43-34-18-10-8-16-30(34)38)23-24-32(36(35)41-26-13-5-2-6-14-26)40-28-21-19-27(20-22-28)39-25-11-3-1-4-12-25/h1-24,39-41H. The van der Waals surface area contributed by atoms with E-state index in [0.717, 1.165) is 45.1 Å². The van der Waals surface area contributed by atoms with Crippen molar-refractivity contribution in [2.45, 2.75) is 5.60 Å². The Bertz CT molecular complexity index is 1960. The molecule has 6 nitrogen and oxygen atoms in total. The van der Waals surface area contributed by atoms with Crippen LogP contribution in [0.1, 0.15) is 27.0 Å². The summed E-state index contributed by atoms with van der Waals surface area (Å²) in [6.07, 6.45) is 0. The van der Waals surface area contributed by atoms with E-state index in [1.54, 1.807) is 0 Å². The van der Waals surface area contributed by atoms with E-state index in [0.29, 0.717) is 22.7 Å². The van der Waals surface area contributed by atoms with E-state index >= 15 is 0 Å². The SMILES string of the molecule is O=C1OC2(c3ccccc3Oc3ccccc32)c2ccc(Nc3ccc(Nc4ccccc4)cc3)c(Nc3ccccc3)c21. The van der Waals surface area contributed by atoms with Gasteiger partial charge < -0.3 is 25.4 Å². The molecule has 44 heavy (non-hydrogen) atoms. The van der Waals surface area contributed by atoms with Gasteiger partial charge in [-0.15, -0.1) is 0 Å². The van der Waals surface area contributed by atoms with E-state index in [1.165, 1.54) is 0 Å². The molecule has 8 rings (SSSR count). The minimum absolute atomic E-state index is 0.406. The molecular weight excluding hydrogens is 546 g/mol. The largest absolute Gasteiger partial charge is 0.456 e. The summed E-state index contributed by atoms with van der Waals surface area (Å²) in [5, 5.41) is 10.5. The lowest BCUT2D eigenvalue weighted by Crippen LogP contribution is -2.32. The third kappa shape index (κ3) is 4.24. The Morgan fingerprint density at radius 1 is 0.455 bits per heavy atom. The van der Waals surface area contributed by atoms with Crippen LogP contribution in [-0.2, 0) is 10.3 Å². The molecule has 0 fully saturated rings. The molecule has 2 aliphatic heterocycles. The van der Waals surface area contributed by atoms with Gasteiger partial charge in [0.05, 0.1) is 16.9 Å². The van der Waals surface area contributed by atoms with Crippen LogP contribution in [0.2, 0.25) is 0 Å². The number of hydrogen-bond donors (Lipinski definition) is 3. The van der Waals surface area contributed by atoms with E-state index < -0.39 is 11.6 Å². The predicted octanol–water partition coefficient (Wildman–Crippen LogP) is 9.49. The van der Waals surface area contributed by atoms with Crippen molar-refractivity contribution in [3.05, 3.63) is 168 Å². The van der Waals surface area contributed by atoms with E-state index in [-0.39, 0.29) is 0 Å². The summed E-state index contributed by atoms with van der Waals surface area (Å²) >= 11 is 0. The fourth-order valence-electron chi connectivity index (χ4n) is 6.09. The van der Waals surface area contributed by atoms with Crippen molar-refractivity contribution in [2.24, 2.45) is 0 Å². The first-order valence-corrected chi connectivity index (χ1v) is 14.5. The number of para-hydroxylation sites is 4. The lowest BCUT2D eigenvalue weighted by atomic mass is 9.77. The highest BCUT2D eigenvalue weighted by Gasteiger charge is 2.54. The van der Waals surface area contributed by atoms with Gasteiger partial charge in [0.2, 0.25) is 0 Å². The molecule has 212 valence electrons. The maximum atomic E-state index is 14.1. The lowest BCUT2D eigenvalue weighted by molar-refractivity contribution is 0.0225. The van der Waals surface area contributed by atoms with Gasteiger partial charge in [-0.05, 0) is 66.7 Å². The van der Waals surface area contributed by atoms with Gasteiger partial charge in [-0.2, -0.15) is 0 Å². The number of carbonyl (C=O) groups is 1. The first-order chi connectivity index (χ1) is 21.7. The minimum atomic E-state index is -1.14. The van der Waals surface area contributed by atoms with Crippen LogP contribution in [0.4, 0.5) is 34.1 Å². The molecule has 0 saturated carbocycles. The smallest absolute Gasteiger partial charge is 0.342 e. The fraction of sp³-hybridized carbons (Fsp3) is 0.0263. The van der Waals surface area contributed by atoms with Gasteiger partial charge in [-0.1, -0.05) is 78.9 Å². The zero-order valence-corrected chi connectivity index (χ0v) is 23.6. The molecular formula is C38H27N3O3. The number of hydrogen-bond acceptors (Lipinski definition) is 6. The zero-order valence-electron chi connectivity index (χ0n) is 23.6. The molecule has 0 amide bonds. The molecule has 0 unspecified atom stereocenters. The van der Waals surface area contributed by atoms with Crippen molar-refractivity contribution in [1.82, 2.24) is 0 Å². The van der Waals surface area contributed by atoms with Gasteiger partial charge in [-0.3, -0.25) is 0 Å². The summed E-state index contributed by atoms with van der Waals surface area (Å²) in [4.78, 5) is 14.1. The maximum Gasteiger partial charge on any atom is 0.342 e. The lowest BCUT2D eigenvalue weighted by Gasteiger charge is -2.36. The molecule has 0 bridgehead atoms. The Labute approximate surface area is 254 Å². The second-order valence-electron chi connectivity index (χ2n) is 10.8. The summed E-state index contributed by atoms with van der Waals surface area (Å²) in [5.41, 5.74) is 6.79. The molecule has 3 N–H and O–H groups in total. The number of carbonyl (C=O) groups excluding carboxylic acids is 1. The van der Waals surface area contributed by atoms with E-state index in [9.17, 15) is 4.79 Å². The molecule has 1 spiro atoms. The van der Waals surface area contributed by atoms with E-state index in [4.69, 9.17) is 9.47 Å². The number of anilines is 6. The van der Waals surface area contributed by atoms with Crippen molar-refractivity contribution in [3.8, 4) is 11.5 Å². The molecule has 0 radical (unpaired) electrons. The molecule has 6 aromatic carbocycles. The Kier molecular flexibility index (Phi) is 6.05. The molecule has 0 atom stereocenters. The van der Waals surface area contributed by atoms with Crippen LogP contribution >= 0.6 is 0 Å². The van der Waals surface area contributed by atoms with Crippen molar-refractivity contribution in [1.29, 1.82) is 0 Å². The van der Waals surface area contributed by atoms with Gasteiger partial charge in [0, 0.05) is 39.4 Å². The Hall–Kier alpha value is -6.01. The highest BCUT2D eigenvalue weighted by molar-refractivity contribution is 6.06. The van der Waals surface area contributed by atoms with Gasteiger partial charge >= 0.3 is 5.97 Å². The van der Waals surface area contributed by atoms with Crippen LogP contribution in [0.15, 0.2) is 146 Å². The topological polar surface area (TPSA) is 71.6 Å². The minimum Gasteiger partial charge on any atom is -0.456 e. The monoisotopic (exact) mass is 573 g/mol. The van der Waals surface area contributed by atoms with Crippen molar-refractivity contribution in [2.75, 3.05) is 16.0 Å². The molecule has 0 aromatic heterocycles. The number of benzene rings is 6. The number of rotatable bonds is 6.